The van der Waals surface area contributed by atoms with Gasteiger partial charge in [-0.25, -0.2) is 9.97 Å². The van der Waals surface area contributed by atoms with Crippen LogP contribution in [0, 0.1) is 18.3 Å². The van der Waals surface area contributed by atoms with Crippen molar-refractivity contribution in [2.75, 3.05) is 24.3 Å². The molecular formula is C24H22FN5. The second-order valence-corrected chi connectivity index (χ2v) is 7.33. The average molecular weight is 399 g/mol. The third-order valence-electron chi connectivity index (χ3n) is 5.02. The number of aromatic nitrogens is 2. The normalized spacial score (nSPS) is 10.8. The molecular weight excluding hydrogens is 377 g/mol. The van der Waals surface area contributed by atoms with E-state index < -0.39 is 5.95 Å². The van der Waals surface area contributed by atoms with E-state index in [-0.39, 0.29) is 0 Å². The molecule has 0 bridgehead atoms. The van der Waals surface area contributed by atoms with E-state index in [0.29, 0.717) is 11.4 Å². The zero-order chi connectivity index (χ0) is 21.3. The number of nitrogens with one attached hydrogen (secondary N) is 2. The Bertz CT molecular complexity index is 1230. The predicted molar refractivity (Wildman–Crippen MR) is 121 cm³/mol. The first-order valence-electron chi connectivity index (χ1n) is 9.57. The van der Waals surface area contributed by atoms with Gasteiger partial charge in [0.25, 0.3) is 0 Å². The molecule has 0 aliphatic heterocycles. The largest absolute Gasteiger partial charge is 0.363 e. The Morgan fingerprint density at radius 2 is 1.73 bits per heavy atom. The summed E-state index contributed by atoms with van der Waals surface area (Å²) < 4.78 is 13.2. The van der Waals surface area contributed by atoms with Crippen LogP contribution in [0.4, 0.5) is 21.6 Å². The highest BCUT2D eigenvalue weighted by molar-refractivity contribution is 6.20. The van der Waals surface area contributed by atoms with Crippen molar-refractivity contribution in [3.63, 3.8) is 0 Å². The van der Waals surface area contributed by atoms with Gasteiger partial charge in [-0.3, -0.25) is 5.41 Å². The van der Waals surface area contributed by atoms with Crippen LogP contribution in [-0.4, -0.2) is 29.8 Å². The van der Waals surface area contributed by atoms with Crippen molar-refractivity contribution in [3.8, 4) is 0 Å². The number of hydrogen-bond acceptors (Lipinski definition) is 5. The first-order valence-corrected chi connectivity index (χ1v) is 9.57. The quantitative estimate of drug-likeness (QED) is 0.353. The van der Waals surface area contributed by atoms with E-state index in [1.165, 1.54) is 12.3 Å². The van der Waals surface area contributed by atoms with Crippen LogP contribution in [0.1, 0.15) is 16.7 Å². The summed E-state index contributed by atoms with van der Waals surface area (Å²) in [5, 5.41) is 14.3. The molecule has 2 aromatic carbocycles. The highest BCUT2D eigenvalue weighted by atomic mass is 19.1. The van der Waals surface area contributed by atoms with Crippen molar-refractivity contribution in [1.82, 2.24) is 9.97 Å². The fourth-order valence-corrected chi connectivity index (χ4v) is 3.40. The number of rotatable bonds is 5. The molecule has 0 saturated carbocycles. The fourth-order valence-electron chi connectivity index (χ4n) is 3.40. The number of anilines is 3. The van der Waals surface area contributed by atoms with E-state index in [0.717, 1.165) is 39.0 Å². The lowest BCUT2D eigenvalue weighted by Gasteiger charge is -2.17. The van der Waals surface area contributed by atoms with Crippen LogP contribution in [0.25, 0.3) is 10.8 Å². The minimum Gasteiger partial charge on any atom is -0.363 e. The van der Waals surface area contributed by atoms with Crippen LogP contribution in [-0.2, 0) is 0 Å². The molecule has 0 spiro atoms. The summed E-state index contributed by atoms with van der Waals surface area (Å²) in [7, 11) is 3.89. The number of hydrogen-bond donors (Lipinski definition) is 2. The molecule has 0 aliphatic carbocycles. The van der Waals surface area contributed by atoms with Gasteiger partial charge in [0, 0.05) is 36.8 Å². The lowest BCUT2D eigenvalue weighted by atomic mass is 9.94. The Hall–Kier alpha value is -3.80. The number of halogens is 1. The van der Waals surface area contributed by atoms with Crippen LogP contribution in [0.15, 0.2) is 67.0 Å². The topological polar surface area (TPSA) is 64.9 Å². The Labute approximate surface area is 174 Å². The maximum Gasteiger partial charge on any atom is 0.212 e. The Kier molecular flexibility index (Phi) is 5.14. The molecule has 0 saturated heterocycles. The summed E-state index contributed by atoms with van der Waals surface area (Å²) in [5.74, 6) is 0.307. The Morgan fingerprint density at radius 1 is 0.967 bits per heavy atom. The highest BCUT2D eigenvalue weighted by Gasteiger charge is 2.15. The molecule has 4 rings (SSSR count). The summed E-state index contributed by atoms with van der Waals surface area (Å²) in [6, 6.07) is 16.7. The van der Waals surface area contributed by atoms with Crippen molar-refractivity contribution < 1.29 is 4.39 Å². The van der Waals surface area contributed by atoms with Gasteiger partial charge >= 0.3 is 0 Å². The Balaban J connectivity index is 1.82. The Morgan fingerprint density at radius 3 is 2.47 bits per heavy atom. The van der Waals surface area contributed by atoms with Gasteiger partial charge in [0.2, 0.25) is 5.95 Å². The summed E-state index contributed by atoms with van der Waals surface area (Å²) in [6.07, 6.45) is 3.28. The lowest BCUT2D eigenvalue weighted by molar-refractivity contribution is 0.584. The monoisotopic (exact) mass is 399 g/mol. The van der Waals surface area contributed by atoms with Crippen LogP contribution < -0.4 is 10.2 Å². The van der Waals surface area contributed by atoms with Crippen molar-refractivity contribution in [2.24, 2.45) is 0 Å². The van der Waals surface area contributed by atoms with Gasteiger partial charge in [-0.1, -0.05) is 36.4 Å². The smallest absolute Gasteiger partial charge is 0.212 e. The molecule has 5 nitrogen and oxygen atoms in total. The van der Waals surface area contributed by atoms with E-state index in [2.05, 4.69) is 15.3 Å². The van der Waals surface area contributed by atoms with Gasteiger partial charge in [-0.2, -0.15) is 4.39 Å². The maximum atomic E-state index is 13.2. The number of nitrogens with zero attached hydrogens (tertiary/aromatic N) is 3. The third-order valence-corrected chi connectivity index (χ3v) is 5.02. The van der Waals surface area contributed by atoms with Crippen molar-refractivity contribution in [3.05, 3.63) is 89.6 Å². The van der Waals surface area contributed by atoms with Crippen LogP contribution >= 0.6 is 0 Å². The van der Waals surface area contributed by atoms with Crippen LogP contribution in [0.2, 0.25) is 0 Å². The van der Waals surface area contributed by atoms with Crippen LogP contribution in [0.5, 0.6) is 0 Å². The molecule has 0 amide bonds. The molecule has 0 radical (unpaired) electrons. The molecule has 2 aromatic heterocycles. The summed E-state index contributed by atoms with van der Waals surface area (Å²) >= 11 is 0. The molecule has 2 heterocycles. The van der Waals surface area contributed by atoms with E-state index in [1.807, 2.05) is 74.6 Å². The third kappa shape index (κ3) is 3.72. The number of pyridine rings is 2. The molecule has 4 aromatic rings. The maximum absolute atomic E-state index is 13.2. The van der Waals surface area contributed by atoms with Crippen molar-refractivity contribution in [1.29, 1.82) is 5.41 Å². The standard InChI is InChI=1S/C24H22FN5/c1-15-6-4-9-19(24(15)29-17-10-11-21(25)27-14-17)23(26)18-8-5-7-16-13-28-22(30(2)3)12-20(16)18/h4-14,26,29H,1-3H3. The molecule has 0 aliphatic rings. The van der Waals surface area contributed by atoms with Gasteiger partial charge in [0.15, 0.2) is 0 Å². The SMILES string of the molecule is Cc1cccc(C(=N)c2cccc3cnc(N(C)C)cc23)c1Nc1ccc(F)nc1. The number of aryl methyl sites for hydroxylation is 1. The van der Waals surface area contributed by atoms with Gasteiger partial charge in [-0.05, 0) is 36.1 Å². The summed E-state index contributed by atoms with van der Waals surface area (Å²) in [5.41, 5.74) is 4.43. The van der Waals surface area contributed by atoms with Gasteiger partial charge < -0.3 is 10.2 Å². The first-order chi connectivity index (χ1) is 14.4. The average Bonchev–Trinajstić information content (AvgIpc) is 2.75. The molecule has 30 heavy (non-hydrogen) atoms. The zero-order valence-corrected chi connectivity index (χ0v) is 17.1. The minimum atomic E-state index is -0.528. The molecule has 0 fully saturated rings. The number of fused-ring (bicyclic) bond motifs is 1. The second-order valence-electron chi connectivity index (χ2n) is 7.33. The van der Waals surface area contributed by atoms with E-state index in [4.69, 9.17) is 5.41 Å². The molecule has 6 heteroatoms. The lowest BCUT2D eigenvalue weighted by Crippen LogP contribution is -2.11. The number of benzene rings is 2. The molecule has 0 atom stereocenters. The van der Waals surface area contributed by atoms with Crippen molar-refractivity contribution in [2.45, 2.75) is 6.92 Å². The first kappa shape index (κ1) is 19.5. The zero-order valence-electron chi connectivity index (χ0n) is 17.1. The molecule has 150 valence electrons. The molecule has 2 N–H and O–H groups in total. The second kappa shape index (κ2) is 7.91. The number of para-hydroxylation sites is 1. The summed E-state index contributed by atoms with van der Waals surface area (Å²) in [4.78, 5) is 10.1. The van der Waals surface area contributed by atoms with Crippen LogP contribution in [0.3, 0.4) is 0 Å². The van der Waals surface area contributed by atoms with E-state index >= 15 is 0 Å². The van der Waals surface area contributed by atoms with Gasteiger partial charge in [0.05, 0.1) is 23.3 Å². The van der Waals surface area contributed by atoms with Crippen molar-refractivity contribution >= 4 is 33.7 Å². The minimum absolute atomic E-state index is 0.401. The van der Waals surface area contributed by atoms with E-state index in [9.17, 15) is 4.39 Å². The van der Waals surface area contributed by atoms with Gasteiger partial charge in [0.1, 0.15) is 5.82 Å². The molecule has 0 unspecified atom stereocenters. The predicted octanol–water partition coefficient (Wildman–Crippen LogP) is 5.30. The summed E-state index contributed by atoms with van der Waals surface area (Å²) in [6.45, 7) is 1.98. The fraction of sp³-hybridized carbons (Fsp3) is 0.125. The highest BCUT2D eigenvalue weighted by Crippen LogP contribution is 2.30. The van der Waals surface area contributed by atoms with Gasteiger partial charge in [-0.15, -0.1) is 0 Å². The van der Waals surface area contributed by atoms with E-state index in [1.54, 1.807) is 6.07 Å².